The molecule has 0 saturated heterocycles. The molecule has 0 aliphatic carbocycles. The van der Waals surface area contributed by atoms with Crippen molar-refractivity contribution in [3.05, 3.63) is 70.3 Å². The van der Waals surface area contributed by atoms with E-state index in [1.165, 1.54) is 94.9 Å². The van der Waals surface area contributed by atoms with Gasteiger partial charge in [-0.05, 0) is 55.7 Å². The summed E-state index contributed by atoms with van der Waals surface area (Å²) in [6.45, 7) is 8.32. The number of rotatable bonds is 26. The van der Waals surface area contributed by atoms with Crippen molar-refractivity contribution in [2.75, 3.05) is 49.7 Å². The Morgan fingerprint density at radius 2 is 1.28 bits per heavy atom. The molecule has 0 heterocycles. The molecule has 0 radical (unpaired) electrons. The van der Waals surface area contributed by atoms with E-state index in [9.17, 15) is 20.3 Å². The number of aliphatic hydroxyl groups excluding tert-OH is 2. The minimum absolute atomic E-state index is 0.0262. The SMILES string of the molecule is CCCCCCCCN(CCCCCCCC)c1ccc(N=Nc2cc(OCCO)c(Nc3ccc([N+](=O)[O-])cc3)cc2OCCO)c(C)c1. The van der Waals surface area contributed by atoms with Crippen LogP contribution in [0.1, 0.15) is 96.5 Å². The number of anilines is 3. The summed E-state index contributed by atoms with van der Waals surface area (Å²) in [5.41, 5.74) is 4.38. The predicted octanol–water partition coefficient (Wildman–Crippen LogP) is 10.3. The Bertz CT molecular complexity index is 1430. The lowest BCUT2D eigenvalue weighted by Crippen LogP contribution is -2.25. The number of non-ortho nitro benzene ring substituents is 1. The third kappa shape index (κ3) is 14.0. The van der Waals surface area contributed by atoms with Gasteiger partial charge >= 0.3 is 0 Å². The third-order valence-corrected chi connectivity index (χ3v) is 8.49. The van der Waals surface area contributed by atoms with Gasteiger partial charge in [0.25, 0.3) is 5.69 Å². The Morgan fingerprint density at radius 3 is 1.84 bits per heavy atom. The van der Waals surface area contributed by atoms with E-state index >= 15 is 0 Å². The quantitative estimate of drug-likeness (QED) is 0.0327. The number of unbranched alkanes of at least 4 members (excludes halogenated alkanes) is 10. The molecule has 50 heavy (non-hydrogen) atoms. The van der Waals surface area contributed by atoms with Crippen molar-refractivity contribution < 1.29 is 24.6 Å². The fourth-order valence-electron chi connectivity index (χ4n) is 5.69. The van der Waals surface area contributed by atoms with Crippen molar-refractivity contribution in [1.29, 1.82) is 0 Å². The van der Waals surface area contributed by atoms with Crippen LogP contribution in [0.2, 0.25) is 0 Å². The molecule has 0 saturated carbocycles. The molecule has 0 aliphatic rings. The van der Waals surface area contributed by atoms with Crippen LogP contribution in [-0.2, 0) is 0 Å². The fraction of sp³-hybridized carbons (Fsp3) is 0.538. The molecule has 3 rings (SSSR count). The van der Waals surface area contributed by atoms with Gasteiger partial charge in [-0.1, -0.05) is 78.1 Å². The highest BCUT2D eigenvalue weighted by atomic mass is 16.6. The second-order valence-electron chi connectivity index (χ2n) is 12.6. The van der Waals surface area contributed by atoms with E-state index in [4.69, 9.17) is 9.47 Å². The number of benzene rings is 3. The summed E-state index contributed by atoms with van der Waals surface area (Å²) in [5.74, 6) is 0.747. The molecule has 11 nitrogen and oxygen atoms in total. The Morgan fingerprint density at radius 1 is 0.720 bits per heavy atom. The fourth-order valence-corrected chi connectivity index (χ4v) is 5.69. The normalized spacial score (nSPS) is 11.2. The number of hydrogen-bond acceptors (Lipinski definition) is 10. The predicted molar refractivity (Wildman–Crippen MR) is 202 cm³/mol. The van der Waals surface area contributed by atoms with Crippen molar-refractivity contribution in [3.63, 3.8) is 0 Å². The zero-order chi connectivity index (χ0) is 36.0. The molecule has 0 unspecified atom stereocenters. The summed E-state index contributed by atoms with van der Waals surface area (Å²) in [7, 11) is 0. The lowest BCUT2D eigenvalue weighted by atomic mass is 10.1. The van der Waals surface area contributed by atoms with Crippen LogP contribution in [-0.4, -0.2) is 54.7 Å². The molecule has 3 aromatic rings. The maximum absolute atomic E-state index is 11.1. The van der Waals surface area contributed by atoms with E-state index in [0.29, 0.717) is 28.6 Å². The highest BCUT2D eigenvalue weighted by Gasteiger charge is 2.15. The lowest BCUT2D eigenvalue weighted by Gasteiger charge is -2.26. The number of aryl methyl sites for hydroxylation is 1. The van der Waals surface area contributed by atoms with Gasteiger partial charge in [0.1, 0.15) is 30.4 Å². The Labute approximate surface area is 297 Å². The third-order valence-electron chi connectivity index (χ3n) is 8.49. The lowest BCUT2D eigenvalue weighted by molar-refractivity contribution is -0.384. The van der Waals surface area contributed by atoms with E-state index in [1.54, 1.807) is 24.3 Å². The average molecular weight is 692 g/mol. The number of nitrogens with one attached hydrogen (secondary N) is 1. The van der Waals surface area contributed by atoms with Gasteiger partial charge in [0.15, 0.2) is 0 Å². The van der Waals surface area contributed by atoms with Crippen molar-refractivity contribution in [3.8, 4) is 11.5 Å². The summed E-state index contributed by atoms with van der Waals surface area (Å²) in [4.78, 5) is 13.2. The van der Waals surface area contributed by atoms with Gasteiger partial charge in [-0.2, -0.15) is 5.11 Å². The molecule has 0 aliphatic heterocycles. The number of hydrogen-bond donors (Lipinski definition) is 3. The average Bonchev–Trinajstić information content (AvgIpc) is 3.12. The van der Waals surface area contributed by atoms with Crippen LogP contribution in [0.15, 0.2) is 64.8 Å². The maximum Gasteiger partial charge on any atom is 0.269 e. The van der Waals surface area contributed by atoms with Gasteiger partial charge in [0.05, 0.1) is 29.5 Å². The molecule has 274 valence electrons. The van der Waals surface area contributed by atoms with Gasteiger partial charge in [0.2, 0.25) is 0 Å². The van der Waals surface area contributed by atoms with Crippen LogP contribution in [0.3, 0.4) is 0 Å². The van der Waals surface area contributed by atoms with Gasteiger partial charge < -0.3 is 29.9 Å². The van der Waals surface area contributed by atoms with Crippen LogP contribution in [0.4, 0.5) is 34.1 Å². The molecule has 0 bridgehead atoms. The highest BCUT2D eigenvalue weighted by molar-refractivity contribution is 5.74. The van der Waals surface area contributed by atoms with E-state index in [-0.39, 0.29) is 32.1 Å². The number of ether oxygens (including phenoxy) is 2. The number of nitrogens with zero attached hydrogens (tertiary/aromatic N) is 4. The first kappa shape index (κ1) is 40.2. The summed E-state index contributed by atoms with van der Waals surface area (Å²) in [6.07, 6.45) is 15.2. The van der Waals surface area contributed by atoms with Crippen LogP contribution in [0.25, 0.3) is 0 Å². The van der Waals surface area contributed by atoms with Crippen LogP contribution >= 0.6 is 0 Å². The first-order valence-electron chi connectivity index (χ1n) is 18.3. The Kier molecular flexibility index (Phi) is 18.7. The number of nitro groups is 1. The largest absolute Gasteiger partial charge is 0.489 e. The van der Waals surface area contributed by atoms with Crippen molar-refractivity contribution in [2.45, 2.75) is 97.8 Å². The van der Waals surface area contributed by atoms with Gasteiger partial charge in [-0.15, -0.1) is 5.11 Å². The van der Waals surface area contributed by atoms with Crippen molar-refractivity contribution in [1.82, 2.24) is 0 Å². The van der Waals surface area contributed by atoms with E-state index in [0.717, 1.165) is 24.3 Å². The first-order chi connectivity index (χ1) is 24.4. The Hall–Kier alpha value is -4.22. The van der Waals surface area contributed by atoms with Gasteiger partial charge in [0, 0.05) is 48.7 Å². The molecular formula is C39H57N5O6. The molecule has 0 atom stereocenters. The smallest absolute Gasteiger partial charge is 0.269 e. The summed E-state index contributed by atoms with van der Waals surface area (Å²) < 4.78 is 11.7. The molecule has 0 fully saturated rings. The van der Waals surface area contributed by atoms with Gasteiger partial charge in [-0.3, -0.25) is 10.1 Å². The van der Waals surface area contributed by atoms with Crippen LogP contribution in [0.5, 0.6) is 11.5 Å². The second kappa shape index (κ2) is 23.2. The molecule has 0 spiro atoms. The summed E-state index contributed by atoms with van der Waals surface area (Å²) in [5, 5.41) is 42.3. The highest BCUT2D eigenvalue weighted by Crippen LogP contribution is 2.41. The van der Waals surface area contributed by atoms with Crippen LogP contribution < -0.4 is 19.7 Å². The molecule has 0 aromatic heterocycles. The zero-order valence-corrected chi connectivity index (χ0v) is 30.2. The molecule has 3 N–H and O–H groups in total. The number of aliphatic hydroxyl groups is 2. The summed E-state index contributed by atoms with van der Waals surface area (Å²) >= 11 is 0. The maximum atomic E-state index is 11.1. The van der Waals surface area contributed by atoms with E-state index in [1.807, 2.05) is 13.0 Å². The molecule has 3 aromatic carbocycles. The summed E-state index contributed by atoms with van der Waals surface area (Å²) in [6, 6.07) is 15.6. The van der Waals surface area contributed by atoms with Crippen molar-refractivity contribution in [2.24, 2.45) is 10.2 Å². The molecule has 11 heteroatoms. The molecule has 0 amide bonds. The standard InChI is InChI=1S/C39H57N5O6/c1-4-6-8-10-12-14-22-43(23-15-13-11-9-7-5-2)34-20-21-35(31(3)28-34)41-42-37-30-38(49-26-24-45)36(29-39(37)50-27-25-46)40-32-16-18-33(19-17-32)44(47)48/h16-21,28-30,40,45-46H,4-15,22-27H2,1-3H3. The van der Waals surface area contributed by atoms with Crippen molar-refractivity contribution >= 4 is 34.1 Å². The monoisotopic (exact) mass is 691 g/mol. The number of nitro benzene ring substituents is 1. The van der Waals surface area contributed by atoms with Crippen LogP contribution in [0, 0.1) is 17.0 Å². The van der Waals surface area contributed by atoms with E-state index in [2.05, 4.69) is 46.4 Å². The molecular weight excluding hydrogens is 634 g/mol. The Balaban J connectivity index is 1.83. The second-order valence-corrected chi connectivity index (χ2v) is 12.6. The minimum atomic E-state index is -0.460. The first-order valence-corrected chi connectivity index (χ1v) is 18.3. The van der Waals surface area contributed by atoms with Gasteiger partial charge in [-0.25, -0.2) is 0 Å². The topological polar surface area (TPSA) is 142 Å². The zero-order valence-electron chi connectivity index (χ0n) is 30.2. The van der Waals surface area contributed by atoms with E-state index < -0.39 is 4.92 Å². The number of azo groups is 1. The minimum Gasteiger partial charge on any atom is -0.489 e.